The molecule has 2 aromatic rings. The van der Waals surface area contributed by atoms with Crippen LogP contribution in [0.4, 0.5) is 0 Å². The van der Waals surface area contributed by atoms with E-state index in [9.17, 15) is 0 Å². The van der Waals surface area contributed by atoms with Crippen molar-refractivity contribution in [1.82, 2.24) is 9.91 Å². The van der Waals surface area contributed by atoms with Crippen LogP contribution in [-0.4, -0.2) is 55.2 Å². The molecule has 0 unspecified atom stereocenters. The van der Waals surface area contributed by atoms with Crippen LogP contribution >= 0.6 is 0 Å². The minimum Gasteiger partial charge on any atom is -0.497 e. The number of hydrogen-bond donors (Lipinski definition) is 0. The van der Waals surface area contributed by atoms with Gasteiger partial charge in [0.1, 0.15) is 5.75 Å². The maximum atomic E-state index is 6.77. The maximum absolute atomic E-state index is 6.77. The van der Waals surface area contributed by atoms with Gasteiger partial charge in [0.2, 0.25) is 5.72 Å². The van der Waals surface area contributed by atoms with Crippen LogP contribution in [0.1, 0.15) is 43.4 Å². The van der Waals surface area contributed by atoms with Gasteiger partial charge in [0.25, 0.3) is 0 Å². The molecule has 6 heteroatoms. The number of fused-ring (bicyclic) bond motifs is 4. The highest BCUT2D eigenvalue weighted by molar-refractivity contribution is 6.02. The first-order valence-corrected chi connectivity index (χ1v) is 10.8. The normalized spacial score (nSPS) is 22.2. The van der Waals surface area contributed by atoms with Gasteiger partial charge in [0, 0.05) is 37.9 Å². The molecule has 6 nitrogen and oxygen atoms in total. The van der Waals surface area contributed by atoms with Crippen molar-refractivity contribution in [1.29, 1.82) is 0 Å². The molecule has 0 saturated carbocycles. The van der Waals surface area contributed by atoms with Gasteiger partial charge in [-0.15, -0.1) is 0 Å². The van der Waals surface area contributed by atoms with Gasteiger partial charge in [0.05, 0.1) is 25.5 Å². The number of benzene rings is 2. The number of para-hydroxylation sites is 1. The number of methoxy groups -OCH3 is 1. The van der Waals surface area contributed by atoms with E-state index in [1.165, 1.54) is 0 Å². The fourth-order valence-corrected chi connectivity index (χ4v) is 4.80. The minimum absolute atomic E-state index is 0.162. The maximum Gasteiger partial charge on any atom is 0.200 e. The number of ether oxygens (including phenoxy) is 3. The van der Waals surface area contributed by atoms with Gasteiger partial charge in [-0.3, -0.25) is 0 Å². The summed E-state index contributed by atoms with van der Waals surface area (Å²) in [6.45, 7) is 4.61. The summed E-state index contributed by atoms with van der Waals surface area (Å²) in [5, 5.41) is 7.38. The largest absolute Gasteiger partial charge is 0.497 e. The second-order valence-electron chi connectivity index (χ2n) is 8.30. The van der Waals surface area contributed by atoms with Crippen molar-refractivity contribution in [2.24, 2.45) is 5.10 Å². The molecule has 2 aromatic carbocycles. The SMILES string of the molecule is CCOc1cccc2c1OC1(CCN(C)CC1)N1N=C(c3ccc(OC)cc3)C[C@H]21. The lowest BCUT2D eigenvalue weighted by Gasteiger charge is -2.51. The van der Waals surface area contributed by atoms with Gasteiger partial charge in [-0.2, -0.15) is 5.10 Å². The number of piperidine rings is 1. The third-order valence-corrected chi connectivity index (χ3v) is 6.48. The molecule has 1 spiro atoms. The van der Waals surface area contributed by atoms with Crippen LogP contribution in [0.3, 0.4) is 0 Å². The van der Waals surface area contributed by atoms with Crippen molar-refractivity contribution in [2.75, 3.05) is 33.9 Å². The lowest BCUT2D eigenvalue weighted by atomic mass is 9.90. The Bertz CT molecular complexity index is 949. The van der Waals surface area contributed by atoms with E-state index in [1.54, 1.807) is 7.11 Å². The van der Waals surface area contributed by atoms with Crippen LogP contribution in [0.2, 0.25) is 0 Å². The van der Waals surface area contributed by atoms with E-state index in [-0.39, 0.29) is 6.04 Å². The first-order chi connectivity index (χ1) is 14.6. The van der Waals surface area contributed by atoms with Crippen molar-refractivity contribution < 1.29 is 14.2 Å². The molecule has 158 valence electrons. The highest BCUT2D eigenvalue weighted by Gasteiger charge is 2.52. The summed E-state index contributed by atoms with van der Waals surface area (Å²) in [4.78, 5) is 2.36. The zero-order chi connectivity index (χ0) is 20.7. The summed E-state index contributed by atoms with van der Waals surface area (Å²) in [5.41, 5.74) is 2.97. The summed E-state index contributed by atoms with van der Waals surface area (Å²) in [6.07, 6.45) is 2.69. The molecule has 0 N–H and O–H groups in total. The molecule has 5 rings (SSSR count). The van der Waals surface area contributed by atoms with Crippen LogP contribution in [0.25, 0.3) is 0 Å². The molecule has 1 atom stereocenters. The molecular formula is C24H29N3O3. The van der Waals surface area contributed by atoms with E-state index < -0.39 is 5.72 Å². The Morgan fingerprint density at radius 3 is 2.60 bits per heavy atom. The summed E-state index contributed by atoms with van der Waals surface area (Å²) in [5.74, 6) is 2.60. The zero-order valence-corrected chi connectivity index (χ0v) is 17.9. The Kier molecular flexibility index (Phi) is 4.82. The van der Waals surface area contributed by atoms with Crippen molar-refractivity contribution in [3.63, 3.8) is 0 Å². The van der Waals surface area contributed by atoms with Crippen molar-refractivity contribution in [3.05, 3.63) is 53.6 Å². The monoisotopic (exact) mass is 407 g/mol. The van der Waals surface area contributed by atoms with Crippen LogP contribution in [0.15, 0.2) is 47.6 Å². The number of nitrogens with zero attached hydrogens (tertiary/aromatic N) is 3. The quantitative estimate of drug-likeness (QED) is 0.765. The molecular weight excluding hydrogens is 378 g/mol. The smallest absolute Gasteiger partial charge is 0.200 e. The zero-order valence-electron chi connectivity index (χ0n) is 17.9. The summed E-state index contributed by atoms with van der Waals surface area (Å²) in [7, 11) is 3.86. The summed E-state index contributed by atoms with van der Waals surface area (Å²) >= 11 is 0. The van der Waals surface area contributed by atoms with E-state index in [4.69, 9.17) is 19.3 Å². The predicted molar refractivity (Wildman–Crippen MR) is 116 cm³/mol. The lowest BCUT2D eigenvalue weighted by molar-refractivity contribution is -0.148. The molecule has 0 radical (unpaired) electrons. The van der Waals surface area contributed by atoms with Gasteiger partial charge >= 0.3 is 0 Å². The Morgan fingerprint density at radius 1 is 1.13 bits per heavy atom. The van der Waals surface area contributed by atoms with Gasteiger partial charge in [-0.25, -0.2) is 5.01 Å². The van der Waals surface area contributed by atoms with E-state index in [1.807, 2.05) is 25.1 Å². The topological polar surface area (TPSA) is 46.5 Å². The molecule has 3 heterocycles. The van der Waals surface area contributed by atoms with Crippen molar-refractivity contribution in [3.8, 4) is 17.2 Å². The Hall–Kier alpha value is -2.73. The molecule has 30 heavy (non-hydrogen) atoms. The Labute approximate surface area is 178 Å². The van der Waals surface area contributed by atoms with Crippen LogP contribution in [0.5, 0.6) is 17.2 Å². The van der Waals surface area contributed by atoms with Gasteiger partial charge in [0.15, 0.2) is 11.5 Å². The first kappa shape index (κ1) is 19.2. The van der Waals surface area contributed by atoms with E-state index in [0.29, 0.717) is 6.61 Å². The molecule has 0 amide bonds. The van der Waals surface area contributed by atoms with Crippen LogP contribution in [0, 0.1) is 0 Å². The predicted octanol–water partition coefficient (Wildman–Crippen LogP) is 4.06. The Morgan fingerprint density at radius 2 is 1.90 bits per heavy atom. The highest BCUT2D eigenvalue weighted by Crippen LogP contribution is 2.52. The van der Waals surface area contributed by atoms with Gasteiger partial charge in [-0.1, -0.05) is 12.1 Å². The second kappa shape index (κ2) is 7.51. The minimum atomic E-state index is -0.425. The lowest BCUT2D eigenvalue weighted by Crippen LogP contribution is -2.58. The van der Waals surface area contributed by atoms with Gasteiger partial charge in [-0.05, 0) is 49.9 Å². The van der Waals surface area contributed by atoms with Crippen LogP contribution < -0.4 is 14.2 Å². The van der Waals surface area contributed by atoms with E-state index >= 15 is 0 Å². The average Bonchev–Trinajstić information content (AvgIpc) is 3.24. The molecule has 0 aromatic heterocycles. The van der Waals surface area contributed by atoms with E-state index in [0.717, 1.165) is 66.4 Å². The number of likely N-dealkylation sites (tertiary alicyclic amines) is 1. The summed E-state index contributed by atoms with van der Waals surface area (Å²) in [6, 6.07) is 14.6. The molecule has 3 aliphatic heterocycles. The first-order valence-electron chi connectivity index (χ1n) is 10.8. The number of hydrogen-bond acceptors (Lipinski definition) is 6. The molecule has 1 fully saturated rings. The molecule has 3 aliphatic rings. The standard InChI is InChI=1S/C24H29N3O3/c1-4-29-22-7-5-6-19-21-16-20(17-8-10-18(28-3)11-9-17)25-27(21)24(30-23(19)22)12-14-26(2)15-13-24/h5-11,21H,4,12-16H2,1-3H3/t21-/m1/s1. The van der Waals surface area contributed by atoms with E-state index in [2.05, 4.69) is 41.2 Å². The third kappa shape index (κ3) is 3.10. The number of rotatable bonds is 4. The molecule has 1 saturated heterocycles. The van der Waals surface area contributed by atoms with Crippen molar-refractivity contribution in [2.45, 2.75) is 38.0 Å². The van der Waals surface area contributed by atoms with Crippen molar-refractivity contribution >= 4 is 5.71 Å². The van der Waals surface area contributed by atoms with Gasteiger partial charge < -0.3 is 19.1 Å². The van der Waals surface area contributed by atoms with Crippen LogP contribution in [-0.2, 0) is 0 Å². The Balaban J connectivity index is 1.56. The molecule has 0 bridgehead atoms. The highest BCUT2D eigenvalue weighted by atomic mass is 16.6. The second-order valence-corrected chi connectivity index (χ2v) is 8.30. The number of hydrazone groups is 1. The molecule has 0 aliphatic carbocycles. The average molecular weight is 408 g/mol. The fraction of sp³-hybridized carbons (Fsp3) is 0.458. The third-order valence-electron chi connectivity index (χ3n) is 6.48. The summed E-state index contributed by atoms with van der Waals surface area (Å²) < 4.78 is 18.0. The fourth-order valence-electron chi connectivity index (χ4n) is 4.80.